The van der Waals surface area contributed by atoms with Crippen LogP contribution < -0.4 is 5.32 Å². The van der Waals surface area contributed by atoms with Gasteiger partial charge in [0.1, 0.15) is 10.8 Å². The van der Waals surface area contributed by atoms with Gasteiger partial charge in [-0.05, 0) is 24.3 Å². The van der Waals surface area contributed by atoms with Crippen LogP contribution >= 0.6 is 34.3 Å². The Morgan fingerprint density at radius 2 is 2.29 bits per heavy atom. The second-order valence-electron chi connectivity index (χ2n) is 4.26. The van der Waals surface area contributed by atoms with Gasteiger partial charge in [-0.15, -0.1) is 22.7 Å². The number of thiophene rings is 1. The summed E-state index contributed by atoms with van der Waals surface area (Å²) in [4.78, 5) is 17.3. The van der Waals surface area contributed by atoms with Gasteiger partial charge in [-0.1, -0.05) is 11.6 Å². The number of hydrogen-bond acceptors (Lipinski definition) is 5. The van der Waals surface area contributed by atoms with Gasteiger partial charge in [-0.25, -0.2) is 4.98 Å². The molecule has 0 spiro atoms. The fraction of sp³-hybridized carbons (Fsp3) is 0.143. The number of nitrogens with zero attached hydrogens (tertiary/aromatic N) is 1. The number of thiazole rings is 1. The number of carbonyl (C=O) groups excluding carboxylic acids is 1. The van der Waals surface area contributed by atoms with Gasteiger partial charge in [0.05, 0.1) is 34.1 Å². The van der Waals surface area contributed by atoms with Crippen LogP contribution in [0, 0.1) is 0 Å². The Labute approximate surface area is 134 Å². The number of nitrogens with one attached hydrogen (secondary N) is 1. The van der Waals surface area contributed by atoms with Gasteiger partial charge in [-0.3, -0.25) is 4.79 Å². The Bertz CT molecular complexity index is 734. The van der Waals surface area contributed by atoms with Crippen LogP contribution in [0.2, 0.25) is 4.34 Å². The third kappa shape index (κ3) is 3.72. The monoisotopic (exact) mass is 338 g/mol. The van der Waals surface area contributed by atoms with Crippen LogP contribution in [0.4, 0.5) is 0 Å². The molecule has 4 nitrogen and oxygen atoms in total. The quantitative estimate of drug-likeness (QED) is 0.765. The molecular formula is C14H11ClN2O2S2. The summed E-state index contributed by atoms with van der Waals surface area (Å²) in [7, 11) is 0. The van der Waals surface area contributed by atoms with Gasteiger partial charge >= 0.3 is 0 Å². The van der Waals surface area contributed by atoms with E-state index in [1.807, 2.05) is 23.6 Å². The summed E-state index contributed by atoms with van der Waals surface area (Å²) in [5.41, 5.74) is 0.866. The molecule has 0 saturated carbocycles. The van der Waals surface area contributed by atoms with E-state index in [4.69, 9.17) is 16.0 Å². The first-order valence-electron chi connectivity index (χ1n) is 6.20. The molecule has 21 heavy (non-hydrogen) atoms. The second kappa shape index (κ2) is 6.43. The Hall–Kier alpha value is -1.63. The van der Waals surface area contributed by atoms with Crippen LogP contribution in [0.3, 0.4) is 0 Å². The molecule has 3 heterocycles. The van der Waals surface area contributed by atoms with Gasteiger partial charge in [-0.2, -0.15) is 0 Å². The van der Waals surface area contributed by atoms with E-state index in [1.54, 1.807) is 12.3 Å². The first-order valence-corrected chi connectivity index (χ1v) is 8.27. The van der Waals surface area contributed by atoms with E-state index in [0.29, 0.717) is 6.54 Å². The maximum Gasteiger partial charge on any atom is 0.227 e. The summed E-state index contributed by atoms with van der Waals surface area (Å²) < 4.78 is 5.89. The lowest BCUT2D eigenvalue weighted by atomic mass is 10.3. The van der Waals surface area contributed by atoms with E-state index in [9.17, 15) is 4.79 Å². The maximum atomic E-state index is 11.9. The Morgan fingerprint density at radius 1 is 1.38 bits per heavy atom. The van der Waals surface area contributed by atoms with Crippen LogP contribution in [0.1, 0.15) is 10.8 Å². The summed E-state index contributed by atoms with van der Waals surface area (Å²) in [6, 6.07) is 7.39. The normalized spacial score (nSPS) is 10.7. The molecular weight excluding hydrogens is 328 g/mol. The Morgan fingerprint density at radius 3 is 3.00 bits per heavy atom. The molecule has 0 aliphatic heterocycles. The topological polar surface area (TPSA) is 55.1 Å². The first-order chi connectivity index (χ1) is 10.2. The van der Waals surface area contributed by atoms with Crippen molar-refractivity contribution in [2.45, 2.75) is 13.0 Å². The van der Waals surface area contributed by atoms with Crippen molar-refractivity contribution in [1.82, 2.24) is 10.3 Å². The molecule has 3 aromatic heterocycles. The van der Waals surface area contributed by atoms with Crippen molar-refractivity contribution in [3.8, 4) is 10.6 Å². The van der Waals surface area contributed by atoms with Crippen LogP contribution in [0.25, 0.3) is 10.6 Å². The summed E-state index contributed by atoms with van der Waals surface area (Å²) in [5.74, 6) is 0.660. The highest BCUT2D eigenvalue weighted by Gasteiger charge is 2.10. The summed E-state index contributed by atoms with van der Waals surface area (Å²) in [5, 5.41) is 5.53. The van der Waals surface area contributed by atoms with Gasteiger partial charge in [0, 0.05) is 5.38 Å². The van der Waals surface area contributed by atoms with Crippen molar-refractivity contribution in [1.29, 1.82) is 0 Å². The average Bonchev–Trinajstić information content (AvgIpc) is 3.17. The molecule has 7 heteroatoms. The number of aromatic nitrogens is 1. The number of carbonyl (C=O) groups is 1. The average molecular weight is 339 g/mol. The molecule has 0 bridgehead atoms. The van der Waals surface area contributed by atoms with E-state index < -0.39 is 0 Å². The second-order valence-corrected chi connectivity index (χ2v) is 6.92. The van der Waals surface area contributed by atoms with E-state index in [-0.39, 0.29) is 12.3 Å². The van der Waals surface area contributed by atoms with Crippen molar-refractivity contribution in [3.05, 3.63) is 51.0 Å². The summed E-state index contributed by atoms with van der Waals surface area (Å²) >= 11 is 8.86. The summed E-state index contributed by atoms with van der Waals surface area (Å²) in [6.07, 6.45) is 1.85. The molecule has 0 radical (unpaired) electrons. The zero-order valence-electron chi connectivity index (χ0n) is 10.8. The molecule has 0 atom stereocenters. The van der Waals surface area contributed by atoms with Crippen molar-refractivity contribution in [2.24, 2.45) is 0 Å². The van der Waals surface area contributed by atoms with Gasteiger partial charge in [0.15, 0.2) is 0 Å². The third-order valence-electron chi connectivity index (χ3n) is 2.73. The lowest BCUT2D eigenvalue weighted by molar-refractivity contribution is -0.120. The van der Waals surface area contributed by atoms with E-state index >= 15 is 0 Å². The highest BCUT2D eigenvalue weighted by Crippen LogP contribution is 2.31. The van der Waals surface area contributed by atoms with Gasteiger partial charge in [0.25, 0.3) is 0 Å². The molecule has 0 fully saturated rings. The number of rotatable bonds is 5. The molecule has 0 aromatic carbocycles. The maximum absolute atomic E-state index is 11.9. The van der Waals surface area contributed by atoms with E-state index in [0.717, 1.165) is 25.7 Å². The molecule has 0 aliphatic rings. The van der Waals surface area contributed by atoms with Crippen LogP contribution in [-0.2, 0) is 17.8 Å². The van der Waals surface area contributed by atoms with E-state index in [2.05, 4.69) is 10.3 Å². The smallest absolute Gasteiger partial charge is 0.227 e. The molecule has 0 saturated heterocycles. The van der Waals surface area contributed by atoms with Crippen molar-refractivity contribution in [2.75, 3.05) is 0 Å². The minimum absolute atomic E-state index is 0.0727. The molecule has 3 rings (SSSR count). The lowest BCUT2D eigenvalue weighted by Crippen LogP contribution is -2.24. The van der Waals surface area contributed by atoms with Crippen LogP contribution in [0.15, 0.2) is 40.3 Å². The fourth-order valence-electron chi connectivity index (χ4n) is 1.76. The highest BCUT2D eigenvalue weighted by molar-refractivity contribution is 7.19. The van der Waals surface area contributed by atoms with Crippen molar-refractivity contribution < 1.29 is 9.21 Å². The minimum atomic E-state index is -0.0727. The predicted molar refractivity (Wildman–Crippen MR) is 84.7 cm³/mol. The summed E-state index contributed by atoms with van der Waals surface area (Å²) in [6.45, 7) is 0.393. The fourth-order valence-corrected chi connectivity index (χ4v) is 3.63. The lowest BCUT2D eigenvalue weighted by Gasteiger charge is -2.00. The first kappa shape index (κ1) is 14.3. The largest absolute Gasteiger partial charge is 0.467 e. The van der Waals surface area contributed by atoms with E-state index in [1.165, 1.54) is 22.7 Å². The number of amides is 1. The van der Waals surface area contributed by atoms with Crippen LogP contribution in [-0.4, -0.2) is 10.9 Å². The number of halogens is 1. The zero-order valence-corrected chi connectivity index (χ0v) is 13.2. The van der Waals surface area contributed by atoms with Crippen molar-refractivity contribution in [3.63, 3.8) is 0 Å². The number of hydrogen-bond donors (Lipinski definition) is 1. The van der Waals surface area contributed by atoms with Crippen LogP contribution in [0.5, 0.6) is 0 Å². The minimum Gasteiger partial charge on any atom is -0.467 e. The predicted octanol–water partition coefficient (Wildman–Crippen LogP) is 3.98. The zero-order chi connectivity index (χ0) is 14.7. The van der Waals surface area contributed by atoms with Gasteiger partial charge in [0.2, 0.25) is 5.91 Å². The van der Waals surface area contributed by atoms with Crippen molar-refractivity contribution >= 4 is 40.2 Å². The molecule has 3 aromatic rings. The SMILES string of the molecule is O=C(Cc1nc(-c2ccc(Cl)s2)cs1)NCc1ccco1. The molecule has 108 valence electrons. The Kier molecular flexibility index (Phi) is 4.38. The Balaban J connectivity index is 1.58. The molecule has 1 amide bonds. The van der Waals surface area contributed by atoms with Gasteiger partial charge < -0.3 is 9.73 Å². The standard InChI is InChI=1S/C14H11ClN2O2S2/c15-12-4-3-11(21-12)10-8-20-14(17-10)6-13(18)16-7-9-2-1-5-19-9/h1-5,8H,6-7H2,(H,16,18). The third-order valence-corrected chi connectivity index (χ3v) is 4.83. The molecule has 0 unspecified atom stereocenters. The highest BCUT2D eigenvalue weighted by atomic mass is 35.5. The molecule has 1 N–H and O–H groups in total. The molecule has 0 aliphatic carbocycles. The number of furan rings is 1.